The van der Waals surface area contributed by atoms with Crippen molar-refractivity contribution in [3.63, 3.8) is 0 Å². The number of carbonyl (C=O) groups excluding carboxylic acids is 3. The first-order valence-corrected chi connectivity index (χ1v) is 11.5. The molecule has 2 aromatic rings. The molecule has 0 radical (unpaired) electrons. The molecule has 13 nitrogen and oxygen atoms in total. The molecule has 5 amide bonds. The van der Waals surface area contributed by atoms with Crippen LogP contribution in [-0.4, -0.2) is 88.7 Å². The van der Waals surface area contributed by atoms with E-state index in [1.807, 2.05) is 19.1 Å². The summed E-state index contributed by atoms with van der Waals surface area (Å²) in [6.45, 7) is 2.21. The number of methoxy groups -OCH3 is 1. The molecule has 38 heavy (non-hydrogen) atoms. The summed E-state index contributed by atoms with van der Waals surface area (Å²) >= 11 is 0. The Kier molecular flexibility index (Phi) is 8.40. The number of carboxylic acid groups (broad SMARTS) is 2. The van der Waals surface area contributed by atoms with Crippen molar-refractivity contribution in [1.82, 2.24) is 15.1 Å². The highest BCUT2D eigenvalue weighted by Gasteiger charge is 2.43. The Balaban J connectivity index is 1.61. The van der Waals surface area contributed by atoms with Crippen LogP contribution in [-0.2, 0) is 9.59 Å². The summed E-state index contributed by atoms with van der Waals surface area (Å²) in [6.07, 6.45) is 0. The van der Waals surface area contributed by atoms with Gasteiger partial charge in [-0.2, -0.15) is 0 Å². The van der Waals surface area contributed by atoms with Crippen molar-refractivity contribution in [2.75, 3.05) is 43.9 Å². The van der Waals surface area contributed by atoms with E-state index in [0.29, 0.717) is 21.8 Å². The number of nitrogens with zero attached hydrogens (tertiary/aromatic N) is 2. The van der Waals surface area contributed by atoms with Gasteiger partial charge >= 0.3 is 24.0 Å². The van der Waals surface area contributed by atoms with Gasteiger partial charge in [-0.3, -0.25) is 14.4 Å². The number of ether oxygens (including phenoxy) is 1. The van der Waals surface area contributed by atoms with Crippen LogP contribution in [0.25, 0.3) is 0 Å². The third kappa shape index (κ3) is 6.90. The number of carbonyl (C=O) groups is 5. The summed E-state index contributed by atoms with van der Waals surface area (Å²) in [5.74, 6) is -2.78. The molecule has 2 aromatic carbocycles. The second-order valence-corrected chi connectivity index (χ2v) is 9.10. The molecule has 0 bridgehead atoms. The molecule has 5 N–H and O–H groups in total. The highest BCUT2D eigenvalue weighted by atomic mass is 16.5. The van der Waals surface area contributed by atoms with Crippen LogP contribution in [0.4, 0.5) is 21.0 Å². The largest absolute Gasteiger partial charge is 0.495 e. The normalized spacial score (nSPS) is 13.5. The van der Waals surface area contributed by atoms with Gasteiger partial charge in [0.2, 0.25) is 0 Å². The Morgan fingerprint density at radius 3 is 2.16 bits per heavy atom. The van der Waals surface area contributed by atoms with E-state index in [9.17, 15) is 24.0 Å². The molecule has 0 saturated carbocycles. The summed E-state index contributed by atoms with van der Waals surface area (Å²) in [7, 11) is 1.41. The zero-order chi connectivity index (χ0) is 28.0. The molecule has 13 heteroatoms. The van der Waals surface area contributed by atoms with Crippen LogP contribution in [0.1, 0.15) is 22.8 Å². The fraction of sp³-hybridized carbons (Fsp3) is 0.320. The van der Waals surface area contributed by atoms with E-state index in [0.717, 1.165) is 5.56 Å². The van der Waals surface area contributed by atoms with Gasteiger partial charge in [-0.25, -0.2) is 9.59 Å². The second-order valence-electron chi connectivity index (χ2n) is 9.10. The van der Waals surface area contributed by atoms with Gasteiger partial charge in [0.15, 0.2) is 0 Å². The van der Waals surface area contributed by atoms with Crippen molar-refractivity contribution in [3.05, 3.63) is 53.6 Å². The Bertz CT molecular complexity index is 1240. The second kappa shape index (κ2) is 11.5. The summed E-state index contributed by atoms with van der Waals surface area (Å²) in [6, 6.07) is 10.5. The summed E-state index contributed by atoms with van der Waals surface area (Å²) in [4.78, 5) is 62.0. The van der Waals surface area contributed by atoms with Crippen LogP contribution in [0.5, 0.6) is 5.75 Å². The quantitative estimate of drug-likeness (QED) is 0.329. The average Bonchev–Trinajstić information content (AvgIpc) is 2.82. The van der Waals surface area contributed by atoms with Crippen molar-refractivity contribution in [2.45, 2.75) is 19.4 Å². The lowest BCUT2D eigenvalue weighted by Crippen LogP contribution is -2.71. The zero-order valence-electron chi connectivity index (χ0n) is 21.1. The van der Waals surface area contributed by atoms with Crippen LogP contribution >= 0.6 is 0 Å². The van der Waals surface area contributed by atoms with Gasteiger partial charge < -0.3 is 40.7 Å². The smallest absolute Gasteiger partial charge is 0.323 e. The number of para-hydroxylation sites is 1. The number of nitrogens with one attached hydrogen (secondary N) is 3. The molecule has 3 rings (SSSR count). The molecule has 0 unspecified atom stereocenters. The molecule has 1 fully saturated rings. The number of hydrogen-bond donors (Lipinski definition) is 5. The Hall–Kier alpha value is -4.81. The first-order valence-electron chi connectivity index (χ1n) is 11.5. The number of benzene rings is 2. The number of anilines is 2. The van der Waals surface area contributed by atoms with Gasteiger partial charge in [0, 0.05) is 24.3 Å². The highest BCUT2D eigenvalue weighted by Crippen LogP contribution is 2.29. The van der Waals surface area contributed by atoms with Crippen LogP contribution in [0.15, 0.2) is 42.5 Å². The fourth-order valence-corrected chi connectivity index (χ4v) is 3.98. The fourth-order valence-electron chi connectivity index (χ4n) is 3.98. The molecule has 0 atom stereocenters. The van der Waals surface area contributed by atoms with E-state index in [2.05, 4.69) is 16.0 Å². The lowest BCUT2D eigenvalue weighted by atomic mass is 9.91. The number of likely N-dealkylation sites (tertiary alicyclic amines) is 1. The van der Waals surface area contributed by atoms with Crippen LogP contribution in [0, 0.1) is 6.92 Å². The summed E-state index contributed by atoms with van der Waals surface area (Å²) in [5.41, 5.74) is 1.31. The molecule has 1 aliphatic rings. The summed E-state index contributed by atoms with van der Waals surface area (Å²) < 4.78 is 5.35. The molecule has 1 heterocycles. The van der Waals surface area contributed by atoms with Crippen molar-refractivity contribution in [3.8, 4) is 5.75 Å². The van der Waals surface area contributed by atoms with Gasteiger partial charge in [-0.1, -0.05) is 18.2 Å². The molecular weight excluding hydrogens is 498 g/mol. The lowest BCUT2D eigenvalue weighted by Gasteiger charge is -2.48. The topological polar surface area (TPSA) is 178 Å². The first-order chi connectivity index (χ1) is 17.9. The highest BCUT2D eigenvalue weighted by molar-refractivity contribution is 6.02. The van der Waals surface area contributed by atoms with E-state index in [4.69, 9.17) is 14.9 Å². The monoisotopic (exact) mass is 527 g/mol. The standard InChI is InChI=1S/C25H29N5O8/c1-15-6-4-5-7-17(15)26-23(36)27-18-9-8-16(10-19(18)38-3)22(35)30-13-25(2,14-30)28-24(37)29(11-20(31)32)12-21(33)34/h4-10H,11-14H2,1-3H3,(H,28,37)(H,31,32)(H,33,34)(H2,26,27,36). The number of amides is 5. The predicted octanol–water partition coefficient (Wildman–Crippen LogP) is 2.04. The van der Waals surface area contributed by atoms with Gasteiger partial charge in [-0.05, 0) is 43.7 Å². The van der Waals surface area contributed by atoms with Crippen LogP contribution < -0.4 is 20.7 Å². The average molecular weight is 528 g/mol. The van der Waals surface area contributed by atoms with Gasteiger partial charge in [-0.15, -0.1) is 0 Å². The van der Waals surface area contributed by atoms with E-state index in [1.54, 1.807) is 25.1 Å². The maximum absolute atomic E-state index is 13.0. The van der Waals surface area contributed by atoms with E-state index >= 15 is 0 Å². The minimum absolute atomic E-state index is 0.118. The third-order valence-corrected chi connectivity index (χ3v) is 5.80. The molecule has 1 aliphatic heterocycles. The lowest BCUT2D eigenvalue weighted by molar-refractivity contribution is -0.140. The van der Waals surface area contributed by atoms with Crippen molar-refractivity contribution in [2.24, 2.45) is 0 Å². The molecule has 0 aliphatic carbocycles. The number of aryl methyl sites for hydroxylation is 1. The molecule has 0 aromatic heterocycles. The summed E-state index contributed by atoms with van der Waals surface area (Å²) in [5, 5.41) is 25.9. The predicted molar refractivity (Wildman–Crippen MR) is 136 cm³/mol. The maximum Gasteiger partial charge on any atom is 0.323 e. The van der Waals surface area contributed by atoms with E-state index in [-0.39, 0.29) is 24.7 Å². The Morgan fingerprint density at radius 1 is 0.974 bits per heavy atom. The molecule has 202 valence electrons. The van der Waals surface area contributed by atoms with Gasteiger partial charge in [0.1, 0.15) is 18.8 Å². The molecule has 1 saturated heterocycles. The van der Waals surface area contributed by atoms with Crippen molar-refractivity contribution in [1.29, 1.82) is 0 Å². The van der Waals surface area contributed by atoms with Crippen LogP contribution in [0.2, 0.25) is 0 Å². The first kappa shape index (κ1) is 27.8. The maximum atomic E-state index is 13.0. The van der Waals surface area contributed by atoms with Gasteiger partial charge in [0.25, 0.3) is 5.91 Å². The van der Waals surface area contributed by atoms with Crippen LogP contribution in [0.3, 0.4) is 0 Å². The number of carboxylic acids is 2. The third-order valence-electron chi connectivity index (χ3n) is 5.80. The molecule has 0 spiro atoms. The number of urea groups is 2. The minimum Gasteiger partial charge on any atom is -0.495 e. The molecular formula is C25H29N5O8. The minimum atomic E-state index is -1.35. The van der Waals surface area contributed by atoms with Crippen molar-refractivity contribution < 1.29 is 38.9 Å². The van der Waals surface area contributed by atoms with E-state index in [1.165, 1.54) is 24.1 Å². The number of rotatable bonds is 9. The van der Waals surface area contributed by atoms with Crippen molar-refractivity contribution >= 4 is 41.3 Å². The SMILES string of the molecule is COc1cc(C(=O)N2CC(C)(NC(=O)N(CC(=O)O)CC(=O)O)C2)ccc1NC(=O)Nc1ccccc1C. The van der Waals surface area contributed by atoms with E-state index < -0.39 is 42.6 Å². The number of hydrogen-bond acceptors (Lipinski definition) is 6. The zero-order valence-corrected chi connectivity index (χ0v) is 21.1. The number of aliphatic carboxylic acids is 2. The Morgan fingerprint density at radius 2 is 1.58 bits per heavy atom. The Labute approximate surface area is 218 Å². The van der Waals surface area contributed by atoms with Gasteiger partial charge in [0.05, 0.1) is 18.3 Å².